The van der Waals surface area contributed by atoms with Crippen molar-refractivity contribution < 1.29 is 14.3 Å². The van der Waals surface area contributed by atoms with Crippen LogP contribution < -0.4 is 10.9 Å². The maximum absolute atomic E-state index is 13.0. The van der Waals surface area contributed by atoms with Crippen LogP contribution in [0.3, 0.4) is 0 Å². The average molecular weight is 465 g/mol. The summed E-state index contributed by atoms with van der Waals surface area (Å²) in [5.41, 5.74) is 1.05. The number of amides is 1. The van der Waals surface area contributed by atoms with Gasteiger partial charge in [0.2, 0.25) is 0 Å². The highest BCUT2D eigenvalue weighted by Gasteiger charge is 2.21. The number of rotatable bonds is 6. The first kappa shape index (κ1) is 21.4. The van der Waals surface area contributed by atoms with Crippen molar-refractivity contribution in [3.05, 3.63) is 69.4 Å². The van der Waals surface area contributed by atoms with Gasteiger partial charge in [0.15, 0.2) is 6.10 Å². The third-order valence-electron chi connectivity index (χ3n) is 4.63. The fourth-order valence-electron chi connectivity index (χ4n) is 3.04. The Morgan fingerprint density at radius 3 is 2.81 bits per heavy atom. The van der Waals surface area contributed by atoms with Crippen LogP contribution in [0, 0.1) is 11.3 Å². The van der Waals surface area contributed by atoms with E-state index in [1.165, 1.54) is 40.5 Å². The first-order chi connectivity index (χ1) is 15.5. The predicted molar refractivity (Wildman–Crippen MR) is 123 cm³/mol. The van der Waals surface area contributed by atoms with Crippen LogP contribution in [-0.2, 0) is 20.9 Å². The van der Waals surface area contributed by atoms with E-state index in [0.717, 1.165) is 10.4 Å². The molecule has 0 aliphatic rings. The molecule has 0 saturated carbocycles. The summed E-state index contributed by atoms with van der Waals surface area (Å²) in [6, 6.07) is 12.3. The number of hydrogen-bond acceptors (Lipinski definition) is 8. The van der Waals surface area contributed by atoms with Crippen LogP contribution in [0.15, 0.2) is 58.3 Å². The number of ether oxygens (including phenoxy) is 1. The summed E-state index contributed by atoms with van der Waals surface area (Å²) in [7, 11) is 0. The molecule has 0 fully saturated rings. The first-order valence-corrected chi connectivity index (χ1v) is 11.2. The Morgan fingerprint density at radius 1 is 1.25 bits per heavy atom. The monoisotopic (exact) mass is 464 g/mol. The van der Waals surface area contributed by atoms with Crippen LogP contribution in [-0.4, -0.2) is 27.5 Å². The molecular weight excluding hydrogens is 448 g/mol. The van der Waals surface area contributed by atoms with Crippen LogP contribution in [0.1, 0.15) is 12.5 Å². The number of fused-ring (bicyclic) bond motifs is 1. The minimum atomic E-state index is -1.12. The van der Waals surface area contributed by atoms with Crippen molar-refractivity contribution in [3.63, 3.8) is 0 Å². The number of esters is 1. The molecule has 0 bridgehead atoms. The number of thiophene rings is 2. The van der Waals surface area contributed by atoms with Gasteiger partial charge in [-0.1, -0.05) is 18.2 Å². The molecule has 1 N–H and O–H groups in total. The van der Waals surface area contributed by atoms with E-state index in [9.17, 15) is 14.4 Å². The molecule has 0 aliphatic carbocycles. The highest BCUT2D eigenvalue weighted by molar-refractivity contribution is 7.18. The van der Waals surface area contributed by atoms with Crippen LogP contribution in [0.4, 0.5) is 5.69 Å². The molecule has 0 saturated heterocycles. The number of carbonyl (C=O) groups excluding carboxylic acids is 2. The molecule has 1 aromatic carbocycles. The van der Waals surface area contributed by atoms with Gasteiger partial charge in [0.25, 0.3) is 11.5 Å². The maximum Gasteiger partial charge on any atom is 0.326 e. The summed E-state index contributed by atoms with van der Waals surface area (Å²) in [5.74, 6) is -1.34. The molecular formula is C22H16N4O4S2. The molecule has 4 rings (SSSR count). The van der Waals surface area contributed by atoms with E-state index in [1.807, 2.05) is 29.0 Å². The molecule has 1 unspecified atom stereocenters. The van der Waals surface area contributed by atoms with Gasteiger partial charge in [-0.3, -0.25) is 19.0 Å². The average Bonchev–Trinajstić information content (AvgIpc) is 3.46. The Morgan fingerprint density at radius 2 is 2.06 bits per heavy atom. The number of nitriles is 1. The van der Waals surface area contributed by atoms with E-state index in [2.05, 4.69) is 10.3 Å². The van der Waals surface area contributed by atoms with Gasteiger partial charge in [-0.2, -0.15) is 5.26 Å². The number of para-hydroxylation sites is 1. The molecule has 0 radical (unpaired) electrons. The highest BCUT2D eigenvalue weighted by atomic mass is 32.1. The molecule has 3 heterocycles. The zero-order valence-electron chi connectivity index (χ0n) is 16.8. The molecule has 8 nitrogen and oxygen atoms in total. The van der Waals surface area contributed by atoms with E-state index in [1.54, 1.807) is 24.3 Å². The van der Waals surface area contributed by atoms with E-state index in [-0.39, 0.29) is 12.1 Å². The Balaban J connectivity index is 1.47. The zero-order valence-corrected chi connectivity index (χ0v) is 18.4. The molecule has 0 spiro atoms. The number of nitrogens with one attached hydrogen (secondary N) is 1. The van der Waals surface area contributed by atoms with Crippen LogP contribution in [0.25, 0.3) is 20.7 Å². The highest BCUT2D eigenvalue weighted by Crippen LogP contribution is 2.33. The van der Waals surface area contributed by atoms with Gasteiger partial charge in [0, 0.05) is 15.8 Å². The van der Waals surface area contributed by atoms with Crippen molar-refractivity contribution in [1.82, 2.24) is 9.55 Å². The molecule has 0 aliphatic heterocycles. The number of hydrogen-bond donors (Lipinski definition) is 1. The lowest BCUT2D eigenvalue weighted by molar-refractivity contribution is -0.153. The summed E-state index contributed by atoms with van der Waals surface area (Å²) < 4.78 is 6.37. The molecule has 10 heteroatoms. The Labute approximate surface area is 190 Å². The van der Waals surface area contributed by atoms with E-state index in [0.29, 0.717) is 21.5 Å². The van der Waals surface area contributed by atoms with Gasteiger partial charge < -0.3 is 10.1 Å². The quantitative estimate of drug-likeness (QED) is 0.436. The van der Waals surface area contributed by atoms with E-state index in [4.69, 9.17) is 10.00 Å². The maximum atomic E-state index is 13.0. The third-order valence-corrected chi connectivity index (χ3v) is 6.42. The second-order valence-corrected chi connectivity index (χ2v) is 8.57. The lowest BCUT2D eigenvalue weighted by atomic mass is 10.2. The molecule has 3 aromatic heterocycles. The number of benzene rings is 1. The van der Waals surface area contributed by atoms with Crippen molar-refractivity contribution in [1.29, 1.82) is 5.26 Å². The fourth-order valence-corrected chi connectivity index (χ4v) is 4.77. The van der Waals surface area contributed by atoms with Gasteiger partial charge in [-0.25, -0.2) is 4.98 Å². The SMILES string of the molecule is CC(OC(=O)Cn1cnc2scc(-c3cccs3)c2c1=O)C(=O)Nc1ccccc1C#N. The summed E-state index contributed by atoms with van der Waals surface area (Å²) >= 11 is 2.88. The summed E-state index contributed by atoms with van der Waals surface area (Å²) in [5, 5.41) is 15.9. The van der Waals surface area contributed by atoms with E-state index < -0.39 is 18.0 Å². The third kappa shape index (κ3) is 4.30. The second kappa shape index (κ2) is 9.13. The summed E-state index contributed by atoms with van der Waals surface area (Å²) in [4.78, 5) is 43.6. The minimum Gasteiger partial charge on any atom is -0.451 e. The van der Waals surface area contributed by atoms with Crippen LogP contribution >= 0.6 is 22.7 Å². The first-order valence-electron chi connectivity index (χ1n) is 9.48. The predicted octanol–water partition coefficient (Wildman–Crippen LogP) is 3.63. The van der Waals surface area contributed by atoms with Gasteiger partial charge >= 0.3 is 5.97 Å². The Bertz CT molecular complexity index is 1400. The van der Waals surface area contributed by atoms with Crippen LogP contribution in [0.2, 0.25) is 0 Å². The molecule has 160 valence electrons. The fraction of sp³-hybridized carbons (Fsp3) is 0.136. The smallest absolute Gasteiger partial charge is 0.326 e. The molecule has 32 heavy (non-hydrogen) atoms. The standard InChI is InChI=1S/C22H16N4O4S2/c1-13(20(28)25-16-6-3-2-5-14(16)9-23)30-18(27)10-26-12-24-21-19(22(26)29)15(11-32-21)17-7-4-8-31-17/h2-8,11-13H,10H2,1H3,(H,25,28). The molecule has 1 amide bonds. The lowest BCUT2D eigenvalue weighted by Gasteiger charge is -2.14. The normalized spacial score (nSPS) is 11.6. The Kier molecular flexibility index (Phi) is 6.11. The second-order valence-electron chi connectivity index (χ2n) is 6.76. The Hall–Kier alpha value is -3.81. The number of nitrogens with zero attached hydrogens (tertiary/aromatic N) is 3. The number of aromatic nitrogens is 2. The van der Waals surface area contributed by atoms with E-state index >= 15 is 0 Å². The summed E-state index contributed by atoms with van der Waals surface area (Å²) in [6.45, 7) is 1.04. The van der Waals surface area contributed by atoms with Gasteiger partial charge in [0.05, 0.1) is 23.0 Å². The molecule has 4 aromatic rings. The van der Waals surface area contributed by atoms with Crippen molar-refractivity contribution in [3.8, 4) is 16.5 Å². The largest absolute Gasteiger partial charge is 0.451 e. The number of anilines is 1. The zero-order chi connectivity index (χ0) is 22.7. The van der Waals surface area contributed by atoms with Crippen molar-refractivity contribution in [2.45, 2.75) is 19.6 Å². The van der Waals surface area contributed by atoms with Crippen molar-refractivity contribution >= 4 is 50.5 Å². The topological polar surface area (TPSA) is 114 Å². The van der Waals surface area contributed by atoms with Gasteiger partial charge in [-0.15, -0.1) is 22.7 Å². The van der Waals surface area contributed by atoms with Crippen LogP contribution in [0.5, 0.6) is 0 Å². The van der Waals surface area contributed by atoms with Crippen molar-refractivity contribution in [2.24, 2.45) is 0 Å². The molecule has 1 atom stereocenters. The number of carbonyl (C=O) groups is 2. The van der Waals surface area contributed by atoms with Gasteiger partial charge in [0.1, 0.15) is 17.4 Å². The summed E-state index contributed by atoms with van der Waals surface area (Å²) in [6.07, 6.45) is 0.179. The van der Waals surface area contributed by atoms with Gasteiger partial charge in [-0.05, 0) is 30.5 Å². The van der Waals surface area contributed by atoms with Crippen molar-refractivity contribution in [2.75, 3.05) is 5.32 Å². The minimum absolute atomic E-state index is 0.294. The lowest BCUT2D eigenvalue weighted by Crippen LogP contribution is -2.33.